The van der Waals surface area contributed by atoms with Gasteiger partial charge in [0.25, 0.3) is 0 Å². The summed E-state index contributed by atoms with van der Waals surface area (Å²) in [7, 11) is 1.87. The van der Waals surface area contributed by atoms with Crippen LogP contribution in [-0.4, -0.2) is 17.0 Å². The maximum Gasteiger partial charge on any atom is 0.162 e. The lowest BCUT2D eigenvalue weighted by atomic mass is 10.0. The molecule has 0 amide bonds. The zero-order valence-corrected chi connectivity index (χ0v) is 13.3. The van der Waals surface area contributed by atoms with E-state index >= 15 is 0 Å². The first kappa shape index (κ1) is 14.0. The first-order valence-corrected chi connectivity index (χ1v) is 7.18. The van der Waals surface area contributed by atoms with Gasteiger partial charge in [-0.3, -0.25) is 0 Å². The second kappa shape index (κ2) is 5.70. The average Bonchev–Trinajstić information content (AvgIpc) is 2.42. The molecule has 0 unspecified atom stereocenters. The lowest BCUT2D eigenvalue weighted by molar-refractivity contribution is 0.989. The summed E-state index contributed by atoms with van der Waals surface area (Å²) in [5, 5.41) is 3.12. The van der Waals surface area contributed by atoms with Crippen molar-refractivity contribution < 1.29 is 0 Å². The molecular formula is C15H18BrN3. The Morgan fingerprint density at radius 3 is 2.58 bits per heavy atom. The van der Waals surface area contributed by atoms with E-state index in [1.165, 1.54) is 11.1 Å². The Balaban J connectivity index is 2.65. The Morgan fingerprint density at radius 2 is 1.95 bits per heavy atom. The van der Waals surface area contributed by atoms with Crippen LogP contribution in [0.4, 0.5) is 5.82 Å². The van der Waals surface area contributed by atoms with E-state index in [4.69, 9.17) is 0 Å². The van der Waals surface area contributed by atoms with E-state index in [1.54, 1.807) is 0 Å². The second-order valence-electron chi connectivity index (χ2n) is 4.51. The lowest BCUT2D eigenvalue weighted by Crippen LogP contribution is -2.03. The highest BCUT2D eigenvalue weighted by molar-refractivity contribution is 9.10. The molecule has 0 spiro atoms. The van der Waals surface area contributed by atoms with Gasteiger partial charge in [0.1, 0.15) is 5.82 Å². The molecule has 0 saturated heterocycles. The lowest BCUT2D eigenvalue weighted by Gasteiger charge is -2.12. The predicted molar refractivity (Wildman–Crippen MR) is 83.6 cm³/mol. The molecule has 100 valence electrons. The number of rotatable bonds is 3. The van der Waals surface area contributed by atoms with E-state index in [0.29, 0.717) is 0 Å². The van der Waals surface area contributed by atoms with Crippen molar-refractivity contribution in [2.45, 2.75) is 27.2 Å². The van der Waals surface area contributed by atoms with Crippen molar-refractivity contribution in [2.75, 3.05) is 12.4 Å². The number of aryl methyl sites for hydroxylation is 2. The summed E-state index contributed by atoms with van der Waals surface area (Å²) >= 11 is 3.55. The summed E-state index contributed by atoms with van der Waals surface area (Å²) in [5.41, 5.74) is 4.61. The summed E-state index contributed by atoms with van der Waals surface area (Å²) in [6.07, 6.45) is 0.871. The number of anilines is 1. The smallest absolute Gasteiger partial charge is 0.162 e. The van der Waals surface area contributed by atoms with Gasteiger partial charge in [-0.15, -0.1) is 0 Å². The van der Waals surface area contributed by atoms with Crippen molar-refractivity contribution >= 4 is 21.7 Å². The normalized spacial score (nSPS) is 10.6. The van der Waals surface area contributed by atoms with Crippen molar-refractivity contribution in [1.29, 1.82) is 0 Å². The van der Waals surface area contributed by atoms with E-state index in [9.17, 15) is 0 Å². The molecule has 2 rings (SSSR count). The molecule has 1 heterocycles. The summed E-state index contributed by atoms with van der Waals surface area (Å²) in [6.45, 7) is 6.32. The number of hydrogen-bond acceptors (Lipinski definition) is 3. The van der Waals surface area contributed by atoms with Crippen LogP contribution >= 0.6 is 15.9 Å². The number of nitrogens with one attached hydrogen (secondary N) is 1. The van der Waals surface area contributed by atoms with Crippen molar-refractivity contribution in [1.82, 2.24) is 9.97 Å². The molecule has 0 aliphatic heterocycles. The Hall–Kier alpha value is -1.42. The van der Waals surface area contributed by atoms with Crippen LogP contribution in [0.15, 0.2) is 22.7 Å². The van der Waals surface area contributed by atoms with Crippen LogP contribution in [0.1, 0.15) is 23.7 Å². The molecule has 2 aromatic rings. The topological polar surface area (TPSA) is 37.8 Å². The Bertz CT molecular complexity index is 583. The highest BCUT2D eigenvalue weighted by Crippen LogP contribution is 2.29. The van der Waals surface area contributed by atoms with Crippen molar-refractivity contribution in [3.63, 3.8) is 0 Å². The van der Waals surface area contributed by atoms with Crippen LogP contribution in [0.3, 0.4) is 0 Å². The van der Waals surface area contributed by atoms with E-state index in [2.05, 4.69) is 64.1 Å². The Morgan fingerprint density at radius 1 is 1.21 bits per heavy atom. The molecule has 3 nitrogen and oxygen atoms in total. The largest absolute Gasteiger partial charge is 0.372 e. The molecule has 1 aromatic carbocycles. The molecule has 0 aliphatic carbocycles. The van der Waals surface area contributed by atoms with E-state index < -0.39 is 0 Å². The quantitative estimate of drug-likeness (QED) is 0.924. The van der Waals surface area contributed by atoms with Crippen LogP contribution in [0.2, 0.25) is 0 Å². The van der Waals surface area contributed by atoms with Gasteiger partial charge >= 0.3 is 0 Å². The van der Waals surface area contributed by atoms with Gasteiger partial charge in [-0.2, -0.15) is 0 Å². The minimum Gasteiger partial charge on any atom is -0.372 e. The Labute approximate surface area is 122 Å². The first-order chi connectivity index (χ1) is 9.08. The van der Waals surface area contributed by atoms with Gasteiger partial charge < -0.3 is 5.32 Å². The predicted octanol–water partition coefficient (Wildman–Crippen LogP) is 4.13. The zero-order valence-electron chi connectivity index (χ0n) is 11.7. The molecule has 0 bridgehead atoms. The first-order valence-electron chi connectivity index (χ1n) is 6.39. The van der Waals surface area contributed by atoms with E-state index in [1.807, 2.05) is 13.1 Å². The molecule has 0 atom stereocenters. The Kier molecular flexibility index (Phi) is 4.20. The second-order valence-corrected chi connectivity index (χ2v) is 5.30. The molecule has 0 aliphatic rings. The molecule has 19 heavy (non-hydrogen) atoms. The fourth-order valence-corrected chi connectivity index (χ4v) is 2.66. The number of nitrogens with zero attached hydrogens (tertiary/aromatic N) is 2. The van der Waals surface area contributed by atoms with Crippen molar-refractivity contribution in [2.24, 2.45) is 0 Å². The SMILES string of the molecule is CCc1nc(-c2cccc(C)c2C)nc(NC)c1Br. The summed E-state index contributed by atoms with van der Waals surface area (Å²) < 4.78 is 0.951. The van der Waals surface area contributed by atoms with Crippen molar-refractivity contribution in [3.05, 3.63) is 39.5 Å². The third-order valence-corrected chi connectivity index (χ3v) is 4.17. The van der Waals surface area contributed by atoms with Gasteiger partial charge in [0.05, 0.1) is 10.2 Å². The highest BCUT2D eigenvalue weighted by Gasteiger charge is 2.13. The van der Waals surface area contributed by atoms with Gasteiger partial charge in [-0.1, -0.05) is 25.1 Å². The molecular weight excluding hydrogens is 302 g/mol. The number of benzene rings is 1. The molecule has 4 heteroatoms. The van der Waals surface area contributed by atoms with E-state index in [-0.39, 0.29) is 0 Å². The summed E-state index contributed by atoms with van der Waals surface area (Å²) in [6, 6.07) is 6.23. The fraction of sp³-hybridized carbons (Fsp3) is 0.333. The minimum atomic E-state index is 0.783. The van der Waals surface area contributed by atoms with Gasteiger partial charge in [-0.05, 0) is 47.3 Å². The monoisotopic (exact) mass is 319 g/mol. The summed E-state index contributed by atoms with van der Waals surface area (Å²) in [5.74, 6) is 1.62. The molecule has 0 saturated carbocycles. The van der Waals surface area contributed by atoms with Crippen LogP contribution in [0.25, 0.3) is 11.4 Å². The third-order valence-electron chi connectivity index (χ3n) is 3.34. The molecule has 0 radical (unpaired) electrons. The van der Waals surface area contributed by atoms with Gasteiger partial charge in [-0.25, -0.2) is 9.97 Å². The van der Waals surface area contributed by atoms with Gasteiger partial charge in [0.2, 0.25) is 0 Å². The van der Waals surface area contributed by atoms with Crippen LogP contribution in [-0.2, 0) is 6.42 Å². The average molecular weight is 320 g/mol. The van der Waals surface area contributed by atoms with Crippen molar-refractivity contribution in [3.8, 4) is 11.4 Å². The highest BCUT2D eigenvalue weighted by atomic mass is 79.9. The number of aromatic nitrogens is 2. The van der Waals surface area contributed by atoms with Crippen LogP contribution < -0.4 is 5.32 Å². The number of halogens is 1. The molecule has 0 fully saturated rings. The minimum absolute atomic E-state index is 0.783. The zero-order chi connectivity index (χ0) is 14.0. The molecule has 1 N–H and O–H groups in total. The van der Waals surface area contributed by atoms with Crippen LogP contribution in [0.5, 0.6) is 0 Å². The fourth-order valence-electron chi connectivity index (χ4n) is 2.01. The van der Waals surface area contributed by atoms with Gasteiger partial charge in [0, 0.05) is 12.6 Å². The van der Waals surface area contributed by atoms with Crippen LogP contribution in [0, 0.1) is 13.8 Å². The standard InChI is InChI=1S/C15H18BrN3/c1-5-12-13(16)15(17-4)19-14(18-12)11-8-6-7-9(2)10(11)3/h6-8H,5H2,1-4H3,(H,17,18,19). The third kappa shape index (κ3) is 2.63. The van der Waals surface area contributed by atoms with Gasteiger partial charge in [0.15, 0.2) is 5.82 Å². The summed E-state index contributed by atoms with van der Waals surface area (Å²) in [4.78, 5) is 9.28. The number of hydrogen-bond donors (Lipinski definition) is 1. The van der Waals surface area contributed by atoms with E-state index in [0.717, 1.165) is 33.8 Å². The molecule has 1 aromatic heterocycles. The maximum absolute atomic E-state index is 4.67. The maximum atomic E-state index is 4.67.